The van der Waals surface area contributed by atoms with Crippen LogP contribution >= 0.6 is 0 Å². The van der Waals surface area contributed by atoms with Gasteiger partial charge in [0, 0.05) is 19.1 Å². The highest BCUT2D eigenvalue weighted by Crippen LogP contribution is 2.35. The molecule has 2 amide bonds. The highest BCUT2D eigenvalue weighted by Gasteiger charge is 2.28. The van der Waals surface area contributed by atoms with Crippen molar-refractivity contribution in [1.82, 2.24) is 30.2 Å². The lowest BCUT2D eigenvalue weighted by molar-refractivity contribution is 0.00683. The monoisotopic (exact) mass is 591 g/mol. The third-order valence-electron chi connectivity index (χ3n) is 7.10. The number of hydrogen-bond donors (Lipinski definition) is 3. The van der Waals surface area contributed by atoms with Gasteiger partial charge < -0.3 is 21.1 Å². The van der Waals surface area contributed by atoms with E-state index in [0.717, 1.165) is 46.2 Å². The van der Waals surface area contributed by atoms with Crippen molar-refractivity contribution in [3.63, 3.8) is 0 Å². The summed E-state index contributed by atoms with van der Waals surface area (Å²) in [5, 5.41) is 10.1. The van der Waals surface area contributed by atoms with Gasteiger partial charge in [0.1, 0.15) is 11.3 Å². The molecule has 43 heavy (non-hydrogen) atoms. The van der Waals surface area contributed by atoms with Gasteiger partial charge in [-0.2, -0.15) is 9.50 Å². The van der Waals surface area contributed by atoms with Crippen LogP contribution < -0.4 is 16.4 Å². The summed E-state index contributed by atoms with van der Waals surface area (Å²) >= 11 is 0. The van der Waals surface area contributed by atoms with E-state index in [1.54, 1.807) is 6.07 Å². The van der Waals surface area contributed by atoms with Crippen LogP contribution in [-0.4, -0.2) is 43.0 Å². The number of benzene rings is 2. The molecule has 0 spiro atoms. The van der Waals surface area contributed by atoms with E-state index in [2.05, 4.69) is 25.7 Å². The highest BCUT2D eigenvalue weighted by atomic mass is 19.2. The number of ether oxygens (including phenoxy) is 1. The van der Waals surface area contributed by atoms with Crippen LogP contribution in [0, 0.1) is 18.6 Å². The second kappa shape index (κ2) is 11.5. The Bertz CT molecular complexity index is 1760. The minimum atomic E-state index is -1.03. The molecule has 11 nitrogen and oxygen atoms in total. The van der Waals surface area contributed by atoms with Gasteiger partial charge in [0.15, 0.2) is 11.6 Å². The normalized spacial score (nSPS) is 14.5. The number of hydrogen-bond acceptors (Lipinski definition) is 8. The second-order valence-electron chi connectivity index (χ2n) is 11.4. The molecular formula is C30H31F2N7O4. The van der Waals surface area contributed by atoms with Gasteiger partial charge in [-0.3, -0.25) is 9.59 Å². The first-order chi connectivity index (χ1) is 20.3. The summed E-state index contributed by atoms with van der Waals surface area (Å²) in [4.78, 5) is 46.1. The molecule has 2 heterocycles. The molecule has 224 valence electrons. The van der Waals surface area contributed by atoms with Gasteiger partial charge in [-0.15, -0.1) is 5.10 Å². The zero-order valence-electron chi connectivity index (χ0n) is 24.1. The van der Waals surface area contributed by atoms with Gasteiger partial charge in [-0.25, -0.2) is 18.6 Å². The minimum Gasteiger partial charge on any atom is -0.456 e. The summed E-state index contributed by atoms with van der Waals surface area (Å²) in [6.07, 6.45) is 1.56. The predicted octanol–water partition coefficient (Wildman–Crippen LogP) is 3.47. The van der Waals surface area contributed by atoms with Gasteiger partial charge in [0.25, 0.3) is 17.6 Å². The maximum absolute atomic E-state index is 13.6. The molecule has 0 unspecified atom stereocenters. The largest absolute Gasteiger partial charge is 0.456 e. The molecule has 1 aliphatic rings. The number of halogens is 2. The van der Waals surface area contributed by atoms with E-state index < -0.39 is 29.0 Å². The minimum absolute atomic E-state index is 0.00394. The Morgan fingerprint density at radius 3 is 2.53 bits per heavy atom. The van der Waals surface area contributed by atoms with Crippen molar-refractivity contribution < 1.29 is 27.9 Å². The van der Waals surface area contributed by atoms with Crippen LogP contribution in [0.25, 0.3) is 5.78 Å². The van der Waals surface area contributed by atoms with Crippen molar-refractivity contribution in [2.45, 2.75) is 65.3 Å². The number of fused-ring (bicyclic) bond motifs is 2. The number of aromatic nitrogens is 4. The number of amides is 2. The number of nitrogens with one attached hydrogen (secondary N) is 2. The lowest BCUT2D eigenvalue weighted by atomic mass is 9.97. The molecule has 0 saturated carbocycles. The summed E-state index contributed by atoms with van der Waals surface area (Å²) in [6.45, 7) is 7.56. The number of primary amides is 1. The molecule has 0 bridgehead atoms. The maximum Gasteiger partial charge on any atom is 0.338 e. The highest BCUT2D eigenvalue weighted by molar-refractivity contribution is 5.94. The van der Waals surface area contributed by atoms with Crippen molar-refractivity contribution in [2.75, 3.05) is 0 Å². The lowest BCUT2D eigenvalue weighted by Gasteiger charge is -2.21. The zero-order valence-corrected chi connectivity index (χ0v) is 24.1. The molecule has 0 saturated heterocycles. The van der Waals surface area contributed by atoms with Crippen LogP contribution in [-0.2, 0) is 24.2 Å². The number of rotatable bonds is 8. The van der Waals surface area contributed by atoms with Crippen molar-refractivity contribution >= 4 is 23.6 Å². The summed E-state index contributed by atoms with van der Waals surface area (Å²) in [5.74, 6) is -4.19. The van der Waals surface area contributed by atoms with E-state index >= 15 is 0 Å². The molecule has 2 aromatic heterocycles. The Balaban J connectivity index is 1.36. The van der Waals surface area contributed by atoms with Crippen LogP contribution in [0.3, 0.4) is 0 Å². The molecule has 0 radical (unpaired) electrons. The van der Waals surface area contributed by atoms with Crippen LogP contribution in [0.2, 0.25) is 0 Å². The Morgan fingerprint density at radius 2 is 1.84 bits per heavy atom. The van der Waals surface area contributed by atoms with Crippen molar-refractivity contribution in [1.29, 1.82) is 0 Å². The average Bonchev–Trinajstić information content (AvgIpc) is 3.56. The fraction of sp³-hybridized carbons (Fsp3) is 0.333. The van der Waals surface area contributed by atoms with Gasteiger partial charge in [0.2, 0.25) is 5.82 Å². The zero-order chi connectivity index (χ0) is 31.1. The number of nitrogens with zero attached hydrogens (tertiary/aromatic N) is 4. The Kier molecular flexibility index (Phi) is 7.93. The molecule has 4 N–H and O–H groups in total. The summed E-state index contributed by atoms with van der Waals surface area (Å²) in [6, 6.07) is 8.50. The third-order valence-corrected chi connectivity index (χ3v) is 7.10. The van der Waals surface area contributed by atoms with E-state index in [1.807, 2.05) is 33.8 Å². The van der Waals surface area contributed by atoms with Crippen LogP contribution in [0.5, 0.6) is 0 Å². The SMILES string of the molecule is Cc1c(C(=O)OC(C)(C)C)ccc2c1CC[C@@H]2NCc1cc(C(=O)NCc2ccc(F)c(F)c2)n2nc(C(N)=O)nc2n1. The molecule has 5 rings (SSSR count). The first-order valence-corrected chi connectivity index (χ1v) is 13.7. The van der Waals surface area contributed by atoms with Gasteiger partial charge >= 0.3 is 5.97 Å². The van der Waals surface area contributed by atoms with E-state index in [0.29, 0.717) is 16.8 Å². The lowest BCUT2D eigenvalue weighted by Crippen LogP contribution is -2.27. The molecule has 0 fully saturated rings. The van der Waals surface area contributed by atoms with Crippen molar-refractivity contribution in [2.24, 2.45) is 5.73 Å². The summed E-state index contributed by atoms with van der Waals surface area (Å²) in [5.41, 5.74) is 9.15. The van der Waals surface area contributed by atoms with E-state index in [1.165, 1.54) is 12.1 Å². The van der Waals surface area contributed by atoms with Gasteiger partial charge in [0.05, 0.1) is 11.3 Å². The predicted molar refractivity (Wildman–Crippen MR) is 151 cm³/mol. The molecular weight excluding hydrogens is 560 g/mol. The Hall–Kier alpha value is -4.78. The van der Waals surface area contributed by atoms with Crippen molar-refractivity contribution in [3.05, 3.63) is 93.1 Å². The second-order valence-corrected chi connectivity index (χ2v) is 11.4. The molecule has 1 atom stereocenters. The fourth-order valence-corrected chi connectivity index (χ4v) is 5.07. The Labute approximate surface area is 245 Å². The maximum atomic E-state index is 13.6. The van der Waals surface area contributed by atoms with Crippen LogP contribution in [0.4, 0.5) is 8.78 Å². The van der Waals surface area contributed by atoms with E-state index in [9.17, 15) is 23.2 Å². The smallest absolute Gasteiger partial charge is 0.338 e. The van der Waals surface area contributed by atoms with Crippen LogP contribution in [0.1, 0.15) is 92.6 Å². The van der Waals surface area contributed by atoms with Gasteiger partial charge in [-0.05, 0) is 87.1 Å². The molecule has 1 aliphatic carbocycles. The first-order valence-electron chi connectivity index (χ1n) is 13.7. The number of carbonyl (C=O) groups excluding carboxylic acids is 3. The summed E-state index contributed by atoms with van der Waals surface area (Å²) < 4.78 is 33.6. The van der Waals surface area contributed by atoms with Gasteiger partial charge in [-0.1, -0.05) is 12.1 Å². The van der Waals surface area contributed by atoms with E-state index in [-0.39, 0.29) is 42.4 Å². The molecule has 0 aliphatic heterocycles. The average molecular weight is 592 g/mol. The molecule has 2 aromatic carbocycles. The quantitative estimate of drug-likeness (QED) is 0.263. The van der Waals surface area contributed by atoms with Crippen molar-refractivity contribution in [3.8, 4) is 0 Å². The third kappa shape index (κ3) is 6.36. The number of nitrogens with two attached hydrogens (primary N) is 1. The number of esters is 1. The standard InChI is InChI=1S/C30H31F2N7O4/c1-15-18-8-10-23(20(18)7-6-19(15)28(42)43-30(2,3)4)34-14-17-12-24(39-29(36-17)37-26(38-39)25(33)40)27(41)35-13-16-5-9-21(31)22(32)11-16/h5-7,9,11-12,23,34H,8,10,13-14H2,1-4H3,(H2,33,40)(H,35,41)/t23-/m0/s1. The van der Waals surface area contributed by atoms with Crippen LogP contribution in [0.15, 0.2) is 36.4 Å². The molecule has 4 aromatic rings. The fourth-order valence-electron chi connectivity index (χ4n) is 5.07. The summed E-state index contributed by atoms with van der Waals surface area (Å²) in [7, 11) is 0. The Morgan fingerprint density at radius 1 is 1.07 bits per heavy atom. The topological polar surface area (TPSA) is 154 Å². The molecule has 13 heteroatoms. The van der Waals surface area contributed by atoms with E-state index in [4.69, 9.17) is 10.5 Å². The number of carbonyl (C=O) groups is 3. The first kappa shape index (κ1) is 29.7.